The van der Waals surface area contributed by atoms with Gasteiger partial charge in [0, 0.05) is 11.6 Å². The lowest BCUT2D eigenvalue weighted by atomic mass is 10.1. The molecule has 2 rings (SSSR count). The van der Waals surface area contributed by atoms with Crippen LogP contribution in [-0.2, 0) is 15.0 Å². The third-order valence-corrected chi connectivity index (χ3v) is 6.24. The summed E-state index contributed by atoms with van der Waals surface area (Å²) in [5, 5.41) is -0.724. The van der Waals surface area contributed by atoms with Gasteiger partial charge in [0.25, 0.3) is 0 Å². The Morgan fingerprint density at radius 1 is 0.964 bits per heavy atom. The number of carbonyl (C=O) groups is 1. The van der Waals surface area contributed by atoms with Crippen LogP contribution in [0, 0.1) is 0 Å². The molecule has 0 heterocycles. The van der Waals surface area contributed by atoms with E-state index in [2.05, 4.69) is 0 Å². The maximum atomic E-state index is 13.4. The van der Waals surface area contributed by atoms with E-state index in [4.69, 9.17) is 62.7 Å². The molecule has 28 heavy (non-hydrogen) atoms. The van der Waals surface area contributed by atoms with Gasteiger partial charge >= 0.3 is 11.6 Å². The highest BCUT2D eigenvalue weighted by Crippen LogP contribution is 2.48. The Morgan fingerprint density at radius 3 is 1.89 bits per heavy atom. The molecule has 0 amide bonds. The number of esters is 1. The first-order chi connectivity index (χ1) is 13.0. The minimum atomic E-state index is -3.49. The van der Waals surface area contributed by atoms with Crippen LogP contribution in [0.4, 0.5) is 8.78 Å². The van der Waals surface area contributed by atoms with Crippen LogP contribution in [0.1, 0.15) is 18.1 Å². The molecular weight excluding hydrogens is 498 g/mol. The summed E-state index contributed by atoms with van der Waals surface area (Å²) in [7, 11) is -1.31. The molecule has 0 radical (unpaired) electrons. The Morgan fingerprint density at radius 2 is 1.43 bits per heavy atom. The number of alkyl halides is 2. The molecular formula is C17H8Cl5F2O3P. The molecule has 3 nitrogen and oxygen atoms in total. The highest BCUT2D eigenvalue weighted by Gasteiger charge is 2.32. The third-order valence-electron chi connectivity index (χ3n) is 3.51. The van der Waals surface area contributed by atoms with E-state index in [1.54, 1.807) is 6.92 Å². The van der Waals surface area contributed by atoms with Gasteiger partial charge in [-0.15, -0.1) is 0 Å². The molecule has 0 aromatic heterocycles. The monoisotopic (exact) mass is 504 g/mol. The molecule has 0 aliphatic heterocycles. The number of hydrogen-bond acceptors (Lipinski definition) is 3. The molecule has 0 aliphatic carbocycles. The van der Waals surface area contributed by atoms with Gasteiger partial charge in [0.05, 0.1) is 15.1 Å². The summed E-state index contributed by atoms with van der Waals surface area (Å²) in [6.07, 6.45) is 1.10. The fourth-order valence-corrected chi connectivity index (χ4v) is 3.50. The molecule has 0 saturated carbocycles. The molecule has 0 unspecified atom stereocenters. The molecule has 148 valence electrons. The van der Waals surface area contributed by atoms with Crippen molar-refractivity contribution in [2.24, 2.45) is 0 Å². The number of rotatable bonds is 5. The molecule has 11 heteroatoms. The Balaban J connectivity index is 2.27. The van der Waals surface area contributed by atoms with Crippen molar-refractivity contribution in [3.63, 3.8) is 0 Å². The van der Waals surface area contributed by atoms with Gasteiger partial charge in [-0.1, -0.05) is 82.3 Å². The molecule has 0 saturated heterocycles. The zero-order valence-corrected chi connectivity index (χ0v) is 18.4. The van der Waals surface area contributed by atoms with Crippen molar-refractivity contribution >= 4 is 78.0 Å². The highest BCUT2D eigenvalue weighted by atomic mass is 35.5. The second kappa shape index (κ2) is 9.25. The van der Waals surface area contributed by atoms with E-state index in [1.165, 1.54) is 12.1 Å². The van der Waals surface area contributed by atoms with Crippen LogP contribution in [0.3, 0.4) is 0 Å². The summed E-state index contributed by atoms with van der Waals surface area (Å²) < 4.78 is 42.4. The van der Waals surface area contributed by atoms with Crippen molar-refractivity contribution in [1.29, 1.82) is 0 Å². The maximum absolute atomic E-state index is 13.4. The van der Waals surface area contributed by atoms with E-state index in [0.717, 1.165) is 18.2 Å². The summed E-state index contributed by atoms with van der Waals surface area (Å²) in [6.45, 7) is 1.56. The van der Waals surface area contributed by atoms with Crippen LogP contribution in [-0.4, -0.2) is 5.97 Å². The van der Waals surface area contributed by atoms with Crippen LogP contribution in [0.5, 0.6) is 5.75 Å². The van der Waals surface area contributed by atoms with Gasteiger partial charge < -0.3 is 4.74 Å². The Kier molecular flexibility index (Phi) is 7.71. The lowest BCUT2D eigenvalue weighted by Gasteiger charge is -2.12. The summed E-state index contributed by atoms with van der Waals surface area (Å²) in [5.41, 5.74) is -3.05. The van der Waals surface area contributed by atoms with Crippen molar-refractivity contribution in [1.82, 2.24) is 0 Å². The Hall–Kier alpha value is -0.940. The third kappa shape index (κ3) is 4.96. The Labute approximate surface area is 185 Å². The zero-order chi connectivity index (χ0) is 21.2. The average Bonchev–Trinajstić information content (AvgIpc) is 2.68. The molecule has 2 aromatic rings. The second-order valence-corrected chi connectivity index (χ2v) is 7.99. The van der Waals surface area contributed by atoms with Gasteiger partial charge in [0.15, 0.2) is 5.75 Å². The van der Waals surface area contributed by atoms with Crippen molar-refractivity contribution < 1.29 is 22.9 Å². The first-order valence-corrected chi connectivity index (χ1v) is 9.94. The van der Waals surface area contributed by atoms with Crippen molar-refractivity contribution in [3.05, 3.63) is 66.6 Å². The molecule has 0 atom stereocenters. The van der Waals surface area contributed by atoms with E-state index in [0.29, 0.717) is 11.1 Å². The highest BCUT2D eigenvalue weighted by molar-refractivity contribution is 7.24. The van der Waals surface area contributed by atoms with E-state index < -0.39 is 25.7 Å². The fourth-order valence-electron chi connectivity index (χ4n) is 2.05. The van der Waals surface area contributed by atoms with Crippen LogP contribution in [0.25, 0.3) is 5.57 Å². The lowest BCUT2D eigenvalue weighted by Crippen LogP contribution is -2.06. The second-order valence-electron chi connectivity index (χ2n) is 5.36. The van der Waals surface area contributed by atoms with Crippen LogP contribution >= 0.6 is 66.5 Å². The van der Waals surface area contributed by atoms with E-state index >= 15 is 0 Å². The molecule has 0 fully saturated rings. The predicted molar refractivity (Wildman–Crippen MR) is 109 cm³/mol. The number of halogens is 7. The van der Waals surface area contributed by atoms with Crippen LogP contribution < -0.4 is 4.74 Å². The largest absolute Gasteiger partial charge is 0.420 e. The summed E-state index contributed by atoms with van der Waals surface area (Å²) in [5.74, 6) is -1.12. The van der Waals surface area contributed by atoms with Gasteiger partial charge in [-0.05, 0) is 18.1 Å². The first-order valence-electron chi connectivity index (χ1n) is 7.24. The number of hydrogen-bond donors (Lipinski definition) is 0. The van der Waals surface area contributed by atoms with Gasteiger partial charge in [-0.2, -0.15) is 8.78 Å². The molecule has 2 aromatic carbocycles. The SMILES string of the molecule is CC(=CC(=O)Oc1c(Cl)c(Cl)c(Cl)c(Cl)c1Cl)c1ccc(C(F)(F)P=O)cc1. The Bertz CT molecular complexity index is 949. The number of benzene rings is 2. The van der Waals surface area contributed by atoms with Gasteiger partial charge in [-0.3, -0.25) is 4.57 Å². The number of carbonyl (C=O) groups excluding carboxylic acids is 1. The number of ether oxygens (including phenoxy) is 1. The lowest BCUT2D eigenvalue weighted by molar-refractivity contribution is -0.128. The molecule has 0 bridgehead atoms. The van der Waals surface area contributed by atoms with Gasteiger partial charge in [0.2, 0.25) is 8.46 Å². The predicted octanol–water partition coefficient (Wildman–Crippen LogP) is 8.30. The first kappa shape index (κ1) is 23.3. The van der Waals surface area contributed by atoms with Crippen LogP contribution in [0.2, 0.25) is 25.1 Å². The molecule has 0 aliphatic rings. The quantitative estimate of drug-likeness (QED) is 0.102. The van der Waals surface area contributed by atoms with Gasteiger partial charge in [0.1, 0.15) is 10.0 Å². The zero-order valence-electron chi connectivity index (χ0n) is 13.7. The van der Waals surface area contributed by atoms with E-state index in [-0.39, 0.29) is 30.9 Å². The average molecular weight is 506 g/mol. The summed E-state index contributed by atoms with van der Waals surface area (Å²) in [4.78, 5) is 12.2. The fraction of sp³-hybridized carbons (Fsp3) is 0.118. The smallest absolute Gasteiger partial charge is 0.350 e. The number of allylic oxidation sites excluding steroid dienone is 1. The standard InChI is InChI=1S/C17H8Cl5F2O3P/c1-7(8-2-4-9(5-3-8)17(23,24)28-26)6-10(25)27-16-14(21)12(19)11(18)13(20)15(16)22/h2-6H,1H3. The van der Waals surface area contributed by atoms with Crippen molar-refractivity contribution in [2.75, 3.05) is 0 Å². The minimum Gasteiger partial charge on any atom is -0.420 e. The minimum absolute atomic E-state index is 0.0841. The van der Waals surface area contributed by atoms with E-state index in [1.807, 2.05) is 0 Å². The summed E-state index contributed by atoms with van der Waals surface area (Å²) in [6, 6.07) is 4.91. The topological polar surface area (TPSA) is 43.4 Å². The maximum Gasteiger partial charge on any atom is 0.350 e. The van der Waals surface area contributed by atoms with Crippen molar-refractivity contribution in [3.8, 4) is 5.75 Å². The molecule has 0 N–H and O–H groups in total. The summed E-state index contributed by atoms with van der Waals surface area (Å²) >= 11 is 29.7. The van der Waals surface area contributed by atoms with Crippen LogP contribution in [0.15, 0.2) is 30.3 Å². The van der Waals surface area contributed by atoms with Gasteiger partial charge in [-0.25, -0.2) is 4.79 Å². The molecule has 0 spiro atoms. The normalized spacial score (nSPS) is 12.4. The van der Waals surface area contributed by atoms with Crippen molar-refractivity contribution in [2.45, 2.75) is 12.6 Å². The van der Waals surface area contributed by atoms with E-state index in [9.17, 15) is 18.1 Å².